The fourth-order valence-electron chi connectivity index (χ4n) is 5.63. The van der Waals surface area contributed by atoms with Crippen molar-refractivity contribution in [3.8, 4) is 0 Å². The first-order chi connectivity index (χ1) is 16.9. The number of hydrogen-bond donors (Lipinski definition) is 0. The van der Waals surface area contributed by atoms with E-state index in [4.69, 9.17) is 32.7 Å². The number of carbonyl (C=O) groups is 1. The van der Waals surface area contributed by atoms with Crippen molar-refractivity contribution in [2.45, 2.75) is 57.7 Å². The Morgan fingerprint density at radius 1 is 1.06 bits per heavy atom. The molecule has 1 aromatic carbocycles. The number of piperidine rings is 1. The summed E-state index contributed by atoms with van der Waals surface area (Å²) in [5, 5.41) is 1.04. The van der Waals surface area contributed by atoms with Crippen molar-refractivity contribution in [1.29, 1.82) is 0 Å². The number of aryl methyl sites for hydroxylation is 1. The maximum absolute atomic E-state index is 13.5. The van der Waals surface area contributed by atoms with E-state index in [1.54, 1.807) is 6.07 Å². The molecule has 0 bridgehead atoms. The first kappa shape index (κ1) is 24.9. The van der Waals surface area contributed by atoms with Crippen LogP contribution < -0.4 is 0 Å². The van der Waals surface area contributed by atoms with E-state index < -0.39 is 0 Å². The summed E-state index contributed by atoms with van der Waals surface area (Å²) in [5.74, 6) is 0.593. The van der Waals surface area contributed by atoms with Crippen LogP contribution in [0, 0.1) is 13.8 Å². The van der Waals surface area contributed by atoms with Gasteiger partial charge in [-0.3, -0.25) is 9.69 Å². The lowest BCUT2D eigenvalue weighted by atomic mass is 9.95. The van der Waals surface area contributed by atoms with Crippen LogP contribution in [-0.2, 0) is 15.9 Å². The lowest BCUT2D eigenvalue weighted by molar-refractivity contribution is -0.148. The molecule has 7 nitrogen and oxygen atoms in total. The molecule has 3 aliphatic rings. The summed E-state index contributed by atoms with van der Waals surface area (Å²) in [4.78, 5) is 27.3. The van der Waals surface area contributed by atoms with Crippen molar-refractivity contribution >= 4 is 29.1 Å². The van der Waals surface area contributed by atoms with Crippen LogP contribution in [0.3, 0.4) is 0 Å². The Morgan fingerprint density at radius 2 is 1.86 bits per heavy atom. The van der Waals surface area contributed by atoms with Crippen molar-refractivity contribution in [2.75, 3.05) is 39.5 Å². The first-order valence-corrected chi connectivity index (χ1v) is 13.2. The molecule has 3 saturated heterocycles. The van der Waals surface area contributed by atoms with Crippen molar-refractivity contribution in [1.82, 2.24) is 19.8 Å². The number of ether oxygens (including phenoxy) is 2. The maximum Gasteiger partial charge on any atom is 0.272 e. The summed E-state index contributed by atoms with van der Waals surface area (Å²) < 4.78 is 11.6. The molecular weight excluding hydrogens is 487 g/mol. The van der Waals surface area contributed by atoms with Crippen LogP contribution in [0.15, 0.2) is 18.2 Å². The average molecular weight is 519 g/mol. The van der Waals surface area contributed by atoms with Gasteiger partial charge in [0.25, 0.3) is 5.91 Å². The lowest BCUT2D eigenvalue weighted by Crippen LogP contribution is -2.60. The van der Waals surface area contributed by atoms with Gasteiger partial charge in [-0.05, 0) is 50.8 Å². The second-order valence-electron chi connectivity index (χ2n) is 9.72. The molecule has 0 aliphatic carbocycles. The molecule has 0 unspecified atom stereocenters. The highest BCUT2D eigenvalue weighted by Crippen LogP contribution is 2.29. The minimum atomic E-state index is -0.00670. The fourth-order valence-corrected chi connectivity index (χ4v) is 5.95. The molecule has 5 rings (SSSR count). The molecule has 1 amide bonds. The van der Waals surface area contributed by atoms with E-state index in [2.05, 4.69) is 14.9 Å². The summed E-state index contributed by atoms with van der Waals surface area (Å²) >= 11 is 12.3. The smallest absolute Gasteiger partial charge is 0.272 e. The number of halogens is 2. The third-order valence-corrected chi connectivity index (χ3v) is 8.25. The molecule has 4 heterocycles. The average Bonchev–Trinajstić information content (AvgIpc) is 2.87. The summed E-state index contributed by atoms with van der Waals surface area (Å²) in [7, 11) is 0. The van der Waals surface area contributed by atoms with Crippen LogP contribution in [0.5, 0.6) is 0 Å². The van der Waals surface area contributed by atoms with Crippen LogP contribution in [0.1, 0.15) is 52.4 Å². The van der Waals surface area contributed by atoms with Crippen LogP contribution in [0.4, 0.5) is 0 Å². The molecule has 0 radical (unpaired) electrons. The fraction of sp³-hybridized carbons (Fsp3) is 0.577. The van der Waals surface area contributed by atoms with Gasteiger partial charge in [-0.2, -0.15) is 0 Å². The number of aromatic nitrogens is 2. The number of carbonyl (C=O) groups excluding carboxylic acids is 1. The van der Waals surface area contributed by atoms with Gasteiger partial charge in [0.05, 0.1) is 35.1 Å². The van der Waals surface area contributed by atoms with Gasteiger partial charge >= 0.3 is 0 Å². The van der Waals surface area contributed by atoms with E-state index in [9.17, 15) is 4.79 Å². The third-order valence-electron chi connectivity index (χ3n) is 7.51. The highest BCUT2D eigenvalue weighted by molar-refractivity contribution is 6.42. The van der Waals surface area contributed by atoms with Gasteiger partial charge in [-0.15, -0.1) is 0 Å². The number of rotatable bonds is 4. The van der Waals surface area contributed by atoms with Crippen molar-refractivity contribution in [3.05, 3.63) is 56.6 Å². The van der Waals surface area contributed by atoms with Gasteiger partial charge in [0.15, 0.2) is 0 Å². The Hall–Kier alpha value is -1.77. The zero-order chi connectivity index (χ0) is 24.5. The monoisotopic (exact) mass is 518 g/mol. The number of morpholine rings is 1. The van der Waals surface area contributed by atoms with Crippen molar-refractivity contribution in [3.63, 3.8) is 0 Å². The SMILES string of the molecule is Cc1nc(Cc2ccc(Cl)c(Cl)c2)c(C)c(C(=O)N2CCC(N3CCO[C@H]4COCC[C@H]43)CC2)n1. The van der Waals surface area contributed by atoms with Crippen LogP contribution >= 0.6 is 23.2 Å². The molecule has 9 heteroatoms. The minimum absolute atomic E-state index is 0.00670. The molecule has 0 saturated carbocycles. The van der Waals surface area contributed by atoms with Gasteiger partial charge < -0.3 is 14.4 Å². The van der Waals surface area contributed by atoms with Crippen molar-refractivity contribution < 1.29 is 14.3 Å². The highest BCUT2D eigenvalue weighted by Gasteiger charge is 2.39. The van der Waals surface area contributed by atoms with Crippen LogP contribution in [0.25, 0.3) is 0 Å². The second-order valence-corrected chi connectivity index (χ2v) is 10.5. The molecule has 3 fully saturated rings. The molecule has 2 aromatic rings. The van der Waals surface area contributed by atoms with E-state index in [0.717, 1.165) is 68.9 Å². The number of benzene rings is 1. The Labute approximate surface area is 216 Å². The summed E-state index contributed by atoms with van der Waals surface area (Å²) in [6, 6.07) is 6.48. The Bertz CT molecular complexity index is 1090. The third kappa shape index (κ3) is 5.35. The summed E-state index contributed by atoms with van der Waals surface area (Å²) in [6.45, 7) is 8.45. The molecular formula is C26H32Cl2N4O3. The van der Waals surface area contributed by atoms with Crippen LogP contribution in [-0.4, -0.2) is 83.3 Å². The number of likely N-dealkylation sites (tertiary alicyclic amines) is 1. The normalized spacial score (nSPS) is 23.8. The molecule has 0 spiro atoms. The highest BCUT2D eigenvalue weighted by atomic mass is 35.5. The first-order valence-electron chi connectivity index (χ1n) is 12.4. The second kappa shape index (κ2) is 10.7. The van der Waals surface area contributed by atoms with Gasteiger partial charge in [0.1, 0.15) is 11.5 Å². The topological polar surface area (TPSA) is 67.8 Å². The number of hydrogen-bond acceptors (Lipinski definition) is 6. The summed E-state index contributed by atoms with van der Waals surface area (Å²) in [5.41, 5.74) is 3.17. The molecule has 1 aromatic heterocycles. The number of nitrogens with zero attached hydrogens (tertiary/aromatic N) is 4. The molecule has 3 aliphatic heterocycles. The van der Waals surface area contributed by atoms with E-state index in [1.807, 2.05) is 30.9 Å². The molecule has 188 valence electrons. The Kier molecular flexibility index (Phi) is 7.61. The minimum Gasteiger partial charge on any atom is -0.379 e. The zero-order valence-electron chi connectivity index (χ0n) is 20.3. The lowest BCUT2D eigenvalue weighted by Gasteiger charge is -2.49. The largest absolute Gasteiger partial charge is 0.379 e. The number of amides is 1. The van der Waals surface area contributed by atoms with Gasteiger partial charge in [0.2, 0.25) is 0 Å². The van der Waals surface area contributed by atoms with Crippen molar-refractivity contribution in [2.24, 2.45) is 0 Å². The van der Waals surface area contributed by atoms with E-state index in [0.29, 0.717) is 46.7 Å². The Balaban J connectivity index is 1.27. The molecule has 35 heavy (non-hydrogen) atoms. The van der Waals surface area contributed by atoms with Crippen LogP contribution in [0.2, 0.25) is 10.0 Å². The van der Waals surface area contributed by atoms with Gasteiger partial charge in [-0.25, -0.2) is 9.97 Å². The maximum atomic E-state index is 13.5. The number of fused-ring (bicyclic) bond motifs is 1. The van der Waals surface area contributed by atoms with Gasteiger partial charge in [0, 0.05) is 50.3 Å². The summed E-state index contributed by atoms with van der Waals surface area (Å²) in [6.07, 6.45) is 3.70. The predicted octanol–water partition coefficient (Wildman–Crippen LogP) is 4.09. The van der Waals surface area contributed by atoms with E-state index >= 15 is 0 Å². The van der Waals surface area contributed by atoms with Gasteiger partial charge in [-0.1, -0.05) is 29.3 Å². The van der Waals surface area contributed by atoms with E-state index in [-0.39, 0.29) is 12.0 Å². The predicted molar refractivity (Wildman–Crippen MR) is 135 cm³/mol. The standard InChI is InChI=1S/C26H32Cl2N4O3/c1-16-22(14-18-3-4-20(27)21(28)13-18)29-17(2)30-25(16)26(33)31-8-5-19(6-9-31)32-10-12-35-24-15-34-11-7-23(24)32/h3-4,13,19,23-24H,5-12,14-15H2,1-2H3/t23-,24+/m1/s1. The molecule has 2 atom stereocenters. The van der Waals surface area contributed by atoms with E-state index in [1.165, 1.54) is 0 Å². The quantitative estimate of drug-likeness (QED) is 0.607. The Morgan fingerprint density at radius 3 is 2.63 bits per heavy atom. The molecule has 0 N–H and O–H groups in total. The zero-order valence-corrected chi connectivity index (χ0v) is 21.8.